The minimum atomic E-state index is -0.418. The lowest BCUT2D eigenvalue weighted by Crippen LogP contribution is -2.28. The molecule has 1 unspecified atom stereocenters. The Bertz CT molecular complexity index is 367. The molecule has 0 bridgehead atoms. The zero-order valence-electron chi connectivity index (χ0n) is 10.8. The Hall–Kier alpha value is -1.02. The van der Waals surface area contributed by atoms with Crippen LogP contribution in [0.25, 0.3) is 0 Å². The first-order chi connectivity index (χ1) is 8.17. The van der Waals surface area contributed by atoms with E-state index in [4.69, 9.17) is 4.74 Å². The van der Waals surface area contributed by atoms with Crippen LogP contribution in [-0.4, -0.2) is 12.2 Å². The normalized spacial score (nSPS) is 20.9. The Morgan fingerprint density at radius 1 is 1.18 bits per heavy atom. The van der Waals surface area contributed by atoms with E-state index in [0.717, 1.165) is 24.2 Å². The smallest absolute Gasteiger partial charge is 0.124 e. The van der Waals surface area contributed by atoms with Crippen molar-refractivity contribution in [2.45, 2.75) is 45.1 Å². The first-order valence-corrected chi connectivity index (χ1v) is 6.48. The summed E-state index contributed by atoms with van der Waals surface area (Å²) in [5.74, 6) is 0.798. The number of hydrogen-bond donors (Lipinski definition) is 1. The Kier molecular flexibility index (Phi) is 3.72. The second-order valence-corrected chi connectivity index (χ2v) is 5.36. The van der Waals surface area contributed by atoms with Crippen LogP contribution in [0.1, 0.15) is 50.7 Å². The van der Waals surface area contributed by atoms with Crippen LogP contribution in [-0.2, 0) is 0 Å². The predicted octanol–water partition coefficient (Wildman–Crippen LogP) is 3.70. The highest BCUT2D eigenvalue weighted by Crippen LogP contribution is 2.47. The average Bonchev–Trinajstić information content (AvgIpc) is 2.38. The zero-order chi connectivity index (χ0) is 12.3. The van der Waals surface area contributed by atoms with Gasteiger partial charge in [-0.25, -0.2) is 0 Å². The van der Waals surface area contributed by atoms with E-state index in [9.17, 15) is 5.11 Å². The van der Waals surface area contributed by atoms with Crippen LogP contribution >= 0.6 is 0 Å². The minimum absolute atomic E-state index is 0.00683. The molecule has 0 heterocycles. The van der Waals surface area contributed by atoms with Gasteiger partial charge in [-0.2, -0.15) is 0 Å². The van der Waals surface area contributed by atoms with Gasteiger partial charge in [0.2, 0.25) is 0 Å². The van der Waals surface area contributed by atoms with E-state index in [1.165, 1.54) is 19.3 Å². The molecule has 0 aliphatic heterocycles. The van der Waals surface area contributed by atoms with Crippen LogP contribution < -0.4 is 4.74 Å². The summed E-state index contributed by atoms with van der Waals surface area (Å²) in [6.07, 6.45) is 5.54. The van der Waals surface area contributed by atoms with Crippen molar-refractivity contribution in [2.75, 3.05) is 7.11 Å². The fraction of sp³-hybridized carbons (Fsp3) is 0.600. The number of ether oxygens (including phenoxy) is 1. The lowest BCUT2D eigenvalue weighted by atomic mass is 9.70. The molecule has 1 aromatic rings. The maximum Gasteiger partial charge on any atom is 0.124 e. The number of aliphatic hydroxyl groups is 1. The van der Waals surface area contributed by atoms with Gasteiger partial charge in [0, 0.05) is 5.56 Å². The standard InChI is InChI=1S/C15H22O2/c1-15(10-6-3-7-11-15)14(16)12-8-4-5-9-13(12)17-2/h4-5,8-9,14,16H,3,6-7,10-11H2,1-2H3. The van der Waals surface area contributed by atoms with Gasteiger partial charge >= 0.3 is 0 Å². The Morgan fingerprint density at radius 3 is 2.47 bits per heavy atom. The molecule has 1 atom stereocenters. The summed E-state index contributed by atoms with van der Waals surface area (Å²) < 4.78 is 5.34. The van der Waals surface area contributed by atoms with Gasteiger partial charge in [0.15, 0.2) is 0 Å². The van der Waals surface area contributed by atoms with Crippen LogP contribution in [0.15, 0.2) is 24.3 Å². The van der Waals surface area contributed by atoms with Gasteiger partial charge in [0.25, 0.3) is 0 Å². The Labute approximate surface area is 104 Å². The van der Waals surface area contributed by atoms with Crippen molar-refractivity contribution < 1.29 is 9.84 Å². The zero-order valence-corrected chi connectivity index (χ0v) is 10.8. The van der Waals surface area contributed by atoms with Crippen molar-refractivity contribution >= 4 is 0 Å². The number of methoxy groups -OCH3 is 1. The molecule has 2 heteroatoms. The summed E-state index contributed by atoms with van der Waals surface area (Å²) in [5.41, 5.74) is 0.937. The average molecular weight is 234 g/mol. The van der Waals surface area contributed by atoms with Gasteiger partial charge in [0.1, 0.15) is 5.75 Å². The van der Waals surface area contributed by atoms with E-state index in [-0.39, 0.29) is 5.41 Å². The van der Waals surface area contributed by atoms with Gasteiger partial charge in [-0.3, -0.25) is 0 Å². The third-order valence-electron chi connectivity index (χ3n) is 4.09. The van der Waals surface area contributed by atoms with Crippen molar-refractivity contribution in [3.05, 3.63) is 29.8 Å². The predicted molar refractivity (Wildman–Crippen MR) is 69.1 cm³/mol. The van der Waals surface area contributed by atoms with Crippen LogP contribution in [0.4, 0.5) is 0 Å². The number of hydrogen-bond acceptors (Lipinski definition) is 2. The largest absolute Gasteiger partial charge is 0.496 e. The number of benzene rings is 1. The fourth-order valence-electron chi connectivity index (χ4n) is 2.90. The molecule has 0 spiro atoms. The molecule has 1 saturated carbocycles. The molecular weight excluding hydrogens is 212 g/mol. The molecule has 17 heavy (non-hydrogen) atoms. The molecule has 1 N–H and O–H groups in total. The third kappa shape index (κ3) is 2.47. The van der Waals surface area contributed by atoms with Crippen molar-refractivity contribution in [3.63, 3.8) is 0 Å². The highest BCUT2D eigenvalue weighted by molar-refractivity contribution is 5.36. The molecule has 0 aromatic heterocycles. The SMILES string of the molecule is COc1ccccc1C(O)C1(C)CCCCC1. The van der Waals surface area contributed by atoms with Gasteiger partial charge < -0.3 is 9.84 Å². The summed E-state index contributed by atoms with van der Waals surface area (Å²) in [6, 6.07) is 7.81. The molecule has 2 nitrogen and oxygen atoms in total. The summed E-state index contributed by atoms with van der Waals surface area (Å²) in [7, 11) is 1.66. The maximum absolute atomic E-state index is 10.6. The van der Waals surface area contributed by atoms with Crippen molar-refractivity contribution in [2.24, 2.45) is 5.41 Å². The van der Waals surface area contributed by atoms with Crippen LogP contribution in [0.5, 0.6) is 5.75 Å². The van der Waals surface area contributed by atoms with Crippen molar-refractivity contribution in [1.29, 1.82) is 0 Å². The summed E-state index contributed by atoms with van der Waals surface area (Å²) in [4.78, 5) is 0. The van der Waals surface area contributed by atoms with Gasteiger partial charge in [0.05, 0.1) is 13.2 Å². The fourth-order valence-corrected chi connectivity index (χ4v) is 2.90. The highest BCUT2D eigenvalue weighted by Gasteiger charge is 2.36. The van der Waals surface area contributed by atoms with Crippen LogP contribution in [0.3, 0.4) is 0 Å². The topological polar surface area (TPSA) is 29.5 Å². The van der Waals surface area contributed by atoms with Gasteiger partial charge in [-0.15, -0.1) is 0 Å². The second kappa shape index (κ2) is 5.09. The lowest BCUT2D eigenvalue weighted by Gasteiger charge is -2.38. The van der Waals surface area contributed by atoms with E-state index in [1.54, 1.807) is 7.11 Å². The number of rotatable bonds is 3. The monoisotopic (exact) mass is 234 g/mol. The summed E-state index contributed by atoms with van der Waals surface area (Å²) in [6.45, 7) is 2.20. The molecule has 0 radical (unpaired) electrons. The lowest BCUT2D eigenvalue weighted by molar-refractivity contribution is 0.00670. The quantitative estimate of drug-likeness (QED) is 0.864. The van der Waals surface area contributed by atoms with Crippen molar-refractivity contribution in [3.8, 4) is 5.75 Å². The Balaban J connectivity index is 2.26. The molecule has 1 aliphatic carbocycles. The Morgan fingerprint density at radius 2 is 1.82 bits per heavy atom. The molecule has 1 fully saturated rings. The van der Waals surface area contributed by atoms with Gasteiger partial charge in [-0.05, 0) is 24.3 Å². The first-order valence-electron chi connectivity index (χ1n) is 6.48. The number of aliphatic hydroxyl groups excluding tert-OH is 1. The van der Waals surface area contributed by atoms with Gasteiger partial charge in [-0.1, -0.05) is 44.4 Å². The van der Waals surface area contributed by atoms with E-state index in [0.29, 0.717) is 0 Å². The summed E-state index contributed by atoms with van der Waals surface area (Å²) in [5, 5.41) is 10.6. The highest BCUT2D eigenvalue weighted by atomic mass is 16.5. The minimum Gasteiger partial charge on any atom is -0.496 e. The molecular formula is C15H22O2. The van der Waals surface area contributed by atoms with Crippen LogP contribution in [0, 0.1) is 5.41 Å². The summed E-state index contributed by atoms with van der Waals surface area (Å²) >= 11 is 0. The van der Waals surface area contributed by atoms with E-state index in [1.807, 2.05) is 24.3 Å². The molecule has 0 saturated heterocycles. The number of para-hydroxylation sites is 1. The molecule has 2 rings (SSSR count). The van der Waals surface area contributed by atoms with E-state index < -0.39 is 6.10 Å². The van der Waals surface area contributed by atoms with E-state index >= 15 is 0 Å². The van der Waals surface area contributed by atoms with E-state index in [2.05, 4.69) is 6.92 Å². The van der Waals surface area contributed by atoms with Crippen LogP contribution in [0.2, 0.25) is 0 Å². The van der Waals surface area contributed by atoms with Crippen molar-refractivity contribution in [1.82, 2.24) is 0 Å². The third-order valence-corrected chi connectivity index (χ3v) is 4.09. The molecule has 1 aliphatic rings. The molecule has 0 amide bonds. The molecule has 1 aromatic carbocycles. The first kappa shape index (κ1) is 12.4. The maximum atomic E-state index is 10.6. The second-order valence-electron chi connectivity index (χ2n) is 5.36. The molecule has 94 valence electrons.